The molecule has 1 N–H and O–H groups in total. The molecule has 0 aliphatic heterocycles. The van der Waals surface area contributed by atoms with Crippen molar-refractivity contribution in [3.8, 4) is 5.75 Å². The number of ether oxygens (including phenoxy) is 2. The number of rotatable bonds is 5. The maximum absolute atomic E-state index is 11.7. The van der Waals surface area contributed by atoms with E-state index in [1.165, 1.54) is 7.11 Å². The number of methoxy groups -OCH3 is 1. The number of hydrogen-bond donors (Lipinski definition) is 1. The topological polar surface area (TPSA) is 64.6 Å². The smallest absolute Gasteiger partial charge is 0.341 e. The van der Waals surface area contributed by atoms with Crippen LogP contribution in [0.5, 0.6) is 5.75 Å². The lowest BCUT2D eigenvalue weighted by molar-refractivity contribution is -0.128. The molecular formula is C15H21NO4. The third kappa shape index (κ3) is 4.57. The monoisotopic (exact) mass is 279 g/mol. The summed E-state index contributed by atoms with van der Waals surface area (Å²) in [5, 5.41) is 2.78. The average molecular weight is 279 g/mol. The van der Waals surface area contributed by atoms with Crippen molar-refractivity contribution in [2.45, 2.75) is 20.8 Å². The standard InChI is InChI=1S/C15H21NO4/c1-15(2,3)14(18)16-9-10-20-12-8-6-5-7-11(12)13(17)19-4/h5-8H,9-10H2,1-4H3,(H,16,18). The van der Waals surface area contributed by atoms with Crippen LogP contribution in [0.15, 0.2) is 24.3 Å². The van der Waals surface area contributed by atoms with Crippen molar-refractivity contribution in [2.75, 3.05) is 20.3 Å². The average Bonchev–Trinajstić information content (AvgIpc) is 2.41. The fourth-order valence-electron chi connectivity index (χ4n) is 1.46. The molecule has 1 rings (SSSR count). The molecule has 110 valence electrons. The van der Waals surface area contributed by atoms with Crippen LogP contribution in [0.1, 0.15) is 31.1 Å². The predicted octanol–water partition coefficient (Wildman–Crippen LogP) is 2.01. The number of carbonyl (C=O) groups excluding carboxylic acids is 2. The summed E-state index contributed by atoms with van der Waals surface area (Å²) in [5.41, 5.74) is -0.0543. The molecule has 0 fully saturated rings. The molecule has 0 aliphatic carbocycles. The van der Waals surface area contributed by atoms with Crippen molar-refractivity contribution in [3.63, 3.8) is 0 Å². The second kappa shape index (κ2) is 6.93. The molecule has 0 unspecified atom stereocenters. The number of nitrogens with one attached hydrogen (secondary N) is 1. The van der Waals surface area contributed by atoms with Crippen LogP contribution in [0.4, 0.5) is 0 Å². The van der Waals surface area contributed by atoms with Gasteiger partial charge in [0.15, 0.2) is 0 Å². The molecular weight excluding hydrogens is 258 g/mol. The molecule has 0 radical (unpaired) electrons. The van der Waals surface area contributed by atoms with Gasteiger partial charge in [-0.25, -0.2) is 4.79 Å². The molecule has 5 nitrogen and oxygen atoms in total. The quantitative estimate of drug-likeness (QED) is 0.661. The SMILES string of the molecule is COC(=O)c1ccccc1OCCNC(=O)C(C)(C)C. The van der Waals surface area contributed by atoms with Crippen LogP contribution in [-0.4, -0.2) is 32.1 Å². The molecule has 0 aromatic heterocycles. The fraction of sp³-hybridized carbons (Fsp3) is 0.467. The molecule has 0 heterocycles. The third-order valence-corrected chi connectivity index (χ3v) is 2.62. The Morgan fingerprint density at radius 3 is 2.45 bits per heavy atom. The molecule has 0 atom stereocenters. The molecule has 1 amide bonds. The highest BCUT2D eigenvalue weighted by Crippen LogP contribution is 2.18. The summed E-state index contributed by atoms with van der Waals surface area (Å²) in [7, 11) is 1.32. The van der Waals surface area contributed by atoms with Crippen molar-refractivity contribution in [3.05, 3.63) is 29.8 Å². The van der Waals surface area contributed by atoms with Crippen LogP contribution in [0.3, 0.4) is 0 Å². The first-order chi connectivity index (χ1) is 9.36. The summed E-state index contributed by atoms with van der Waals surface area (Å²) in [6, 6.07) is 6.84. The second-order valence-corrected chi connectivity index (χ2v) is 5.34. The van der Waals surface area contributed by atoms with Crippen molar-refractivity contribution in [2.24, 2.45) is 5.41 Å². The molecule has 1 aromatic rings. The van der Waals surface area contributed by atoms with Crippen LogP contribution >= 0.6 is 0 Å². The molecule has 0 aliphatic rings. The molecule has 20 heavy (non-hydrogen) atoms. The maximum atomic E-state index is 11.7. The maximum Gasteiger partial charge on any atom is 0.341 e. The predicted molar refractivity (Wildman–Crippen MR) is 75.7 cm³/mol. The van der Waals surface area contributed by atoms with E-state index < -0.39 is 11.4 Å². The van der Waals surface area contributed by atoms with E-state index in [0.29, 0.717) is 17.9 Å². The number of amides is 1. The number of benzene rings is 1. The van der Waals surface area contributed by atoms with Gasteiger partial charge in [-0.2, -0.15) is 0 Å². The van der Waals surface area contributed by atoms with E-state index in [0.717, 1.165) is 0 Å². The van der Waals surface area contributed by atoms with Crippen LogP contribution in [0.25, 0.3) is 0 Å². The normalized spacial score (nSPS) is 10.8. The van der Waals surface area contributed by atoms with Gasteiger partial charge in [-0.3, -0.25) is 4.79 Å². The lowest BCUT2D eigenvalue weighted by Gasteiger charge is -2.18. The van der Waals surface area contributed by atoms with E-state index in [9.17, 15) is 9.59 Å². The van der Waals surface area contributed by atoms with E-state index in [-0.39, 0.29) is 12.5 Å². The van der Waals surface area contributed by atoms with Gasteiger partial charge in [0.1, 0.15) is 17.9 Å². The van der Waals surface area contributed by atoms with Gasteiger partial charge in [0, 0.05) is 5.41 Å². The summed E-state index contributed by atoms with van der Waals surface area (Å²) in [6.45, 7) is 6.20. The Balaban J connectivity index is 2.51. The zero-order chi connectivity index (χ0) is 15.2. The molecule has 0 bridgehead atoms. The van der Waals surface area contributed by atoms with Gasteiger partial charge < -0.3 is 14.8 Å². The Labute approximate surface area is 119 Å². The van der Waals surface area contributed by atoms with Crippen molar-refractivity contribution < 1.29 is 19.1 Å². The first kappa shape index (κ1) is 16.0. The lowest BCUT2D eigenvalue weighted by Crippen LogP contribution is -2.37. The summed E-state index contributed by atoms with van der Waals surface area (Å²) in [6.07, 6.45) is 0. The highest BCUT2D eigenvalue weighted by Gasteiger charge is 2.20. The highest BCUT2D eigenvalue weighted by molar-refractivity contribution is 5.92. The minimum Gasteiger partial charge on any atom is -0.491 e. The Morgan fingerprint density at radius 2 is 1.85 bits per heavy atom. The number of carbonyl (C=O) groups is 2. The number of esters is 1. The van der Waals surface area contributed by atoms with Gasteiger partial charge in [0.25, 0.3) is 0 Å². The Hall–Kier alpha value is -2.04. The minimum absolute atomic E-state index is 0.0395. The fourth-order valence-corrected chi connectivity index (χ4v) is 1.46. The molecule has 1 aromatic carbocycles. The van der Waals surface area contributed by atoms with Crippen molar-refractivity contribution in [1.82, 2.24) is 5.32 Å². The Morgan fingerprint density at radius 1 is 1.20 bits per heavy atom. The molecule has 0 spiro atoms. The van der Waals surface area contributed by atoms with Crippen LogP contribution < -0.4 is 10.1 Å². The van der Waals surface area contributed by atoms with E-state index >= 15 is 0 Å². The largest absolute Gasteiger partial charge is 0.491 e. The summed E-state index contributed by atoms with van der Waals surface area (Å²) >= 11 is 0. The van der Waals surface area contributed by atoms with E-state index in [1.807, 2.05) is 20.8 Å². The van der Waals surface area contributed by atoms with Gasteiger partial charge in [-0.15, -0.1) is 0 Å². The van der Waals surface area contributed by atoms with Crippen LogP contribution in [0, 0.1) is 5.41 Å². The summed E-state index contributed by atoms with van der Waals surface area (Å²) in [4.78, 5) is 23.2. The summed E-state index contributed by atoms with van der Waals surface area (Å²) < 4.78 is 10.2. The number of hydrogen-bond acceptors (Lipinski definition) is 4. The summed E-state index contributed by atoms with van der Waals surface area (Å²) in [5.74, 6) is -0.0361. The number of para-hydroxylation sites is 1. The van der Waals surface area contributed by atoms with Gasteiger partial charge >= 0.3 is 5.97 Å². The Kier molecular flexibility index (Phi) is 5.55. The second-order valence-electron chi connectivity index (χ2n) is 5.34. The Bertz CT molecular complexity index is 477. The zero-order valence-electron chi connectivity index (χ0n) is 12.4. The van der Waals surface area contributed by atoms with Crippen LogP contribution in [0.2, 0.25) is 0 Å². The molecule has 5 heteroatoms. The van der Waals surface area contributed by atoms with Crippen LogP contribution in [-0.2, 0) is 9.53 Å². The zero-order valence-corrected chi connectivity index (χ0v) is 12.4. The minimum atomic E-state index is -0.445. The first-order valence-electron chi connectivity index (χ1n) is 6.44. The first-order valence-corrected chi connectivity index (χ1v) is 6.44. The molecule has 0 saturated carbocycles. The highest BCUT2D eigenvalue weighted by atomic mass is 16.5. The van der Waals surface area contributed by atoms with Gasteiger partial charge in [-0.1, -0.05) is 32.9 Å². The third-order valence-electron chi connectivity index (χ3n) is 2.62. The van der Waals surface area contributed by atoms with Crippen molar-refractivity contribution in [1.29, 1.82) is 0 Å². The van der Waals surface area contributed by atoms with E-state index in [1.54, 1.807) is 24.3 Å². The lowest BCUT2D eigenvalue weighted by atomic mass is 9.96. The van der Waals surface area contributed by atoms with Gasteiger partial charge in [-0.05, 0) is 12.1 Å². The van der Waals surface area contributed by atoms with E-state index in [4.69, 9.17) is 4.74 Å². The molecule has 0 saturated heterocycles. The van der Waals surface area contributed by atoms with Crippen molar-refractivity contribution >= 4 is 11.9 Å². The van der Waals surface area contributed by atoms with Gasteiger partial charge in [0.05, 0.1) is 13.7 Å². The van der Waals surface area contributed by atoms with Gasteiger partial charge in [0.2, 0.25) is 5.91 Å². The van der Waals surface area contributed by atoms with E-state index in [2.05, 4.69) is 10.1 Å².